The molecule has 0 heterocycles. The summed E-state index contributed by atoms with van der Waals surface area (Å²) in [6.07, 6.45) is 3.83. The molecule has 0 aliphatic heterocycles. The summed E-state index contributed by atoms with van der Waals surface area (Å²) in [6, 6.07) is 0. The van der Waals surface area contributed by atoms with Crippen LogP contribution in [0.2, 0.25) is 0 Å². The molecule has 0 atom stereocenters. The molecule has 4 heteroatoms. The van der Waals surface area contributed by atoms with Gasteiger partial charge in [0, 0.05) is 6.54 Å². The highest BCUT2D eigenvalue weighted by molar-refractivity contribution is 5.68. The fourth-order valence-electron chi connectivity index (χ4n) is 1.95. The quantitative estimate of drug-likeness (QED) is 0.736. The predicted octanol–water partition coefficient (Wildman–Crippen LogP) is 1.78. The van der Waals surface area contributed by atoms with Crippen LogP contribution in [0.1, 0.15) is 46.5 Å². The zero-order valence-corrected chi connectivity index (χ0v) is 9.93. The second-order valence-corrected chi connectivity index (χ2v) is 5.32. The van der Waals surface area contributed by atoms with E-state index in [4.69, 9.17) is 10.5 Å². The Balaban J connectivity index is 2.49. The van der Waals surface area contributed by atoms with Crippen molar-refractivity contribution in [3.8, 4) is 0 Å². The Labute approximate surface area is 91.5 Å². The molecule has 0 spiro atoms. The molecule has 88 valence electrons. The Morgan fingerprint density at radius 3 is 2.33 bits per heavy atom. The van der Waals surface area contributed by atoms with E-state index in [1.54, 1.807) is 0 Å². The van der Waals surface area contributed by atoms with Crippen LogP contribution in [0.4, 0.5) is 4.79 Å². The minimum atomic E-state index is -0.446. The molecule has 4 nitrogen and oxygen atoms in total. The fraction of sp³-hybridized carbons (Fsp3) is 0.909. The lowest BCUT2D eigenvalue weighted by atomic mass is 9.98. The maximum atomic E-state index is 11.6. The highest BCUT2D eigenvalue weighted by Gasteiger charge is 2.35. The van der Waals surface area contributed by atoms with Crippen LogP contribution in [0.5, 0.6) is 0 Å². The molecule has 0 bridgehead atoms. The Kier molecular flexibility index (Phi) is 3.60. The molecule has 0 aromatic heterocycles. The highest BCUT2D eigenvalue weighted by atomic mass is 16.6. The molecule has 3 N–H and O–H groups in total. The van der Waals surface area contributed by atoms with Gasteiger partial charge in [-0.15, -0.1) is 0 Å². The molecule has 1 amide bonds. The van der Waals surface area contributed by atoms with E-state index in [1.165, 1.54) is 0 Å². The number of hydrogen-bond donors (Lipinski definition) is 2. The molecular weight excluding hydrogens is 192 g/mol. The number of carbonyl (C=O) groups excluding carboxylic acids is 1. The van der Waals surface area contributed by atoms with Crippen molar-refractivity contribution in [1.82, 2.24) is 5.32 Å². The number of nitrogens with one attached hydrogen (secondary N) is 1. The smallest absolute Gasteiger partial charge is 0.408 e. The van der Waals surface area contributed by atoms with Gasteiger partial charge < -0.3 is 15.8 Å². The molecule has 1 rings (SSSR count). The van der Waals surface area contributed by atoms with Gasteiger partial charge in [-0.25, -0.2) is 4.79 Å². The monoisotopic (exact) mass is 214 g/mol. The van der Waals surface area contributed by atoms with Gasteiger partial charge in [0.25, 0.3) is 0 Å². The largest absolute Gasteiger partial charge is 0.444 e. The Hall–Kier alpha value is -0.770. The molecule has 15 heavy (non-hydrogen) atoms. The lowest BCUT2D eigenvalue weighted by Crippen LogP contribution is -2.52. The zero-order valence-electron chi connectivity index (χ0n) is 9.93. The summed E-state index contributed by atoms with van der Waals surface area (Å²) >= 11 is 0. The first-order valence-electron chi connectivity index (χ1n) is 5.58. The second-order valence-electron chi connectivity index (χ2n) is 5.32. The Morgan fingerprint density at radius 1 is 1.40 bits per heavy atom. The summed E-state index contributed by atoms with van der Waals surface area (Å²) in [6.45, 7) is 6.06. The Morgan fingerprint density at radius 2 is 1.93 bits per heavy atom. The summed E-state index contributed by atoms with van der Waals surface area (Å²) in [4.78, 5) is 11.6. The van der Waals surface area contributed by atoms with Crippen LogP contribution in [0.3, 0.4) is 0 Å². The van der Waals surface area contributed by atoms with Crippen molar-refractivity contribution in [3.63, 3.8) is 0 Å². The molecular formula is C11H22N2O2. The van der Waals surface area contributed by atoms with E-state index in [1.807, 2.05) is 20.8 Å². The second kappa shape index (κ2) is 4.39. The molecule has 1 saturated carbocycles. The lowest BCUT2D eigenvalue weighted by Gasteiger charge is -2.30. The standard InChI is InChI=1S/C11H22N2O2/c1-10(2,3)15-9(14)13-11(8-12)6-4-5-7-11/h4-8,12H2,1-3H3,(H,13,14). The van der Waals surface area contributed by atoms with Crippen molar-refractivity contribution in [2.75, 3.05) is 6.54 Å². The van der Waals surface area contributed by atoms with E-state index < -0.39 is 5.60 Å². The molecule has 0 saturated heterocycles. The van der Waals surface area contributed by atoms with E-state index in [2.05, 4.69) is 5.32 Å². The first-order valence-corrected chi connectivity index (χ1v) is 5.58. The van der Waals surface area contributed by atoms with Gasteiger partial charge in [-0.2, -0.15) is 0 Å². The van der Waals surface area contributed by atoms with Gasteiger partial charge in [0.1, 0.15) is 5.60 Å². The average molecular weight is 214 g/mol. The zero-order chi connectivity index (χ0) is 11.5. The summed E-state index contributed by atoms with van der Waals surface area (Å²) < 4.78 is 5.22. The van der Waals surface area contributed by atoms with Crippen LogP contribution < -0.4 is 11.1 Å². The van der Waals surface area contributed by atoms with Crippen molar-refractivity contribution in [2.45, 2.75) is 57.6 Å². The SMILES string of the molecule is CC(C)(C)OC(=O)NC1(CN)CCCC1. The molecule has 1 fully saturated rings. The normalized spacial score (nSPS) is 20.0. The van der Waals surface area contributed by atoms with Crippen molar-refractivity contribution < 1.29 is 9.53 Å². The van der Waals surface area contributed by atoms with Gasteiger partial charge in [-0.1, -0.05) is 12.8 Å². The average Bonchev–Trinajstić information content (AvgIpc) is 2.50. The number of carbonyl (C=O) groups is 1. The van der Waals surface area contributed by atoms with Crippen molar-refractivity contribution in [2.24, 2.45) is 5.73 Å². The number of rotatable bonds is 2. The number of amides is 1. The summed E-state index contributed by atoms with van der Waals surface area (Å²) in [5.74, 6) is 0. The first kappa shape index (κ1) is 12.3. The summed E-state index contributed by atoms with van der Waals surface area (Å²) in [7, 11) is 0. The van der Waals surface area contributed by atoms with Crippen LogP contribution in [0.25, 0.3) is 0 Å². The minimum absolute atomic E-state index is 0.220. The van der Waals surface area contributed by atoms with Crippen molar-refractivity contribution in [1.29, 1.82) is 0 Å². The number of nitrogens with two attached hydrogens (primary N) is 1. The molecule has 0 radical (unpaired) electrons. The van der Waals surface area contributed by atoms with Gasteiger partial charge in [0.2, 0.25) is 0 Å². The topological polar surface area (TPSA) is 64.3 Å². The van der Waals surface area contributed by atoms with Crippen LogP contribution in [-0.2, 0) is 4.74 Å². The van der Waals surface area contributed by atoms with Gasteiger partial charge in [-0.05, 0) is 33.6 Å². The van der Waals surface area contributed by atoms with Gasteiger partial charge >= 0.3 is 6.09 Å². The van der Waals surface area contributed by atoms with E-state index in [0.29, 0.717) is 6.54 Å². The van der Waals surface area contributed by atoms with Gasteiger partial charge in [-0.3, -0.25) is 0 Å². The van der Waals surface area contributed by atoms with E-state index >= 15 is 0 Å². The number of alkyl carbamates (subject to hydrolysis) is 1. The lowest BCUT2D eigenvalue weighted by molar-refractivity contribution is 0.0460. The van der Waals surface area contributed by atoms with Crippen LogP contribution in [0, 0.1) is 0 Å². The van der Waals surface area contributed by atoms with Crippen LogP contribution in [-0.4, -0.2) is 23.8 Å². The first-order chi connectivity index (χ1) is 6.87. The third-order valence-corrected chi connectivity index (χ3v) is 2.72. The highest BCUT2D eigenvalue weighted by Crippen LogP contribution is 2.28. The number of ether oxygens (including phenoxy) is 1. The van der Waals surface area contributed by atoms with Gasteiger partial charge in [0.05, 0.1) is 5.54 Å². The van der Waals surface area contributed by atoms with E-state index in [-0.39, 0.29) is 11.6 Å². The van der Waals surface area contributed by atoms with E-state index in [9.17, 15) is 4.79 Å². The van der Waals surface area contributed by atoms with Crippen molar-refractivity contribution in [3.05, 3.63) is 0 Å². The van der Waals surface area contributed by atoms with Crippen LogP contribution >= 0.6 is 0 Å². The summed E-state index contributed by atoms with van der Waals surface area (Å²) in [5.41, 5.74) is 5.04. The van der Waals surface area contributed by atoms with Crippen molar-refractivity contribution >= 4 is 6.09 Å². The fourth-order valence-corrected chi connectivity index (χ4v) is 1.95. The molecule has 0 unspecified atom stereocenters. The third-order valence-electron chi connectivity index (χ3n) is 2.72. The number of hydrogen-bond acceptors (Lipinski definition) is 3. The molecule has 1 aliphatic rings. The Bertz CT molecular complexity index is 227. The molecule has 0 aromatic rings. The minimum Gasteiger partial charge on any atom is -0.444 e. The summed E-state index contributed by atoms with van der Waals surface area (Å²) in [5, 5.41) is 2.91. The van der Waals surface area contributed by atoms with E-state index in [0.717, 1.165) is 25.7 Å². The maximum Gasteiger partial charge on any atom is 0.408 e. The van der Waals surface area contributed by atoms with Crippen LogP contribution in [0.15, 0.2) is 0 Å². The molecule has 0 aromatic carbocycles. The van der Waals surface area contributed by atoms with Gasteiger partial charge in [0.15, 0.2) is 0 Å². The third kappa shape index (κ3) is 3.70. The maximum absolute atomic E-state index is 11.6. The predicted molar refractivity (Wildman–Crippen MR) is 59.6 cm³/mol. The molecule has 1 aliphatic carbocycles.